The molecule has 10 heteroatoms. The summed E-state index contributed by atoms with van der Waals surface area (Å²) < 4.78 is 28.1. The minimum Gasteiger partial charge on any atom is -0.458 e. The van der Waals surface area contributed by atoms with E-state index in [1.54, 1.807) is 0 Å². The maximum Gasteiger partial charge on any atom is 0.256 e. The van der Waals surface area contributed by atoms with Crippen LogP contribution < -0.4 is 94.3 Å². The molecule has 0 aromatic heterocycles. The van der Waals surface area contributed by atoms with Crippen molar-refractivity contribution in [2.45, 2.75) is 0 Å². The fourth-order valence-corrected chi connectivity index (χ4v) is 13.0. The monoisotopic (exact) mass is 812 g/mol. The van der Waals surface area contributed by atoms with E-state index in [2.05, 4.69) is 180 Å². The van der Waals surface area contributed by atoms with E-state index in [1.165, 1.54) is 88.8 Å². The molecule has 17 rings (SSSR count). The van der Waals surface area contributed by atoms with Crippen LogP contribution in [0.1, 0.15) is 0 Å². The second-order valence-corrected chi connectivity index (χ2v) is 18.1. The highest BCUT2D eigenvalue weighted by atomic mass is 16.5. The molecule has 0 fully saturated rings. The lowest BCUT2D eigenvalue weighted by molar-refractivity contribution is 0.453. The molecule has 9 aromatic carbocycles. The molecule has 0 amide bonds. The molecule has 9 aromatic rings. The topological polar surface area (TPSA) is 43.4 Å². The van der Waals surface area contributed by atoms with Crippen LogP contribution in [0.25, 0.3) is 0 Å². The van der Waals surface area contributed by atoms with Gasteiger partial charge < -0.3 is 28.7 Å². The largest absolute Gasteiger partial charge is 0.458 e. The van der Waals surface area contributed by atoms with Crippen LogP contribution in [0.5, 0.6) is 46.0 Å². The van der Waals surface area contributed by atoms with E-state index >= 15 is 0 Å². The minimum atomic E-state index is -0.0975. The van der Waals surface area contributed by atoms with Crippen molar-refractivity contribution in [2.75, 3.05) is 9.80 Å². The molecule has 0 saturated heterocycles. The lowest BCUT2D eigenvalue weighted by atomic mass is 9.28. The van der Waals surface area contributed by atoms with Gasteiger partial charge in [0.25, 0.3) is 26.9 Å². The molecule has 290 valence electrons. The van der Waals surface area contributed by atoms with Gasteiger partial charge in [-0.3, -0.25) is 0 Å². The van der Waals surface area contributed by atoms with E-state index in [0.29, 0.717) is 0 Å². The highest BCUT2D eigenvalue weighted by molar-refractivity contribution is 7.06. The van der Waals surface area contributed by atoms with Crippen LogP contribution in [0.2, 0.25) is 0 Å². The molecule has 8 aliphatic rings. The fourth-order valence-electron chi connectivity index (χ4n) is 13.0. The summed E-state index contributed by atoms with van der Waals surface area (Å²) in [5, 5.41) is 0. The molecule has 8 aliphatic heterocycles. The molecule has 0 radical (unpaired) electrons. The Hall–Kier alpha value is -7.96. The average molecular weight is 812 g/mol. The molecule has 0 bridgehead atoms. The highest BCUT2D eigenvalue weighted by Crippen LogP contribution is 2.48. The van der Waals surface area contributed by atoms with Crippen LogP contribution in [0, 0.1) is 0 Å². The average Bonchev–Trinajstić information content (AvgIpc) is 3.34. The van der Waals surface area contributed by atoms with Crippen molar-refractivity contribution in [1.82, 2.24) is 0 Å². The second-order valence-electron chi connectivity index (χ2n) is 18.1. The molecule has 8 heterocycles. The van der Waals surface area contributed by atoms with Gasteiger partial charge in [-0.15, -0.1) is 0 Å². The van der Waals surface area contributed by atoms with Gasteiger partial charge in [-0.2, -0.15) is 0 Å². The molecular formula is C54H28B4N2O4. The second kappa shape index (κ2) is 11.2. The van der Waals surface area contributed by atoms with Gasteiger partial charge in [0.1, 0.15) is 46.0 Å². The summed E-state index contributed by atoms with van der Waals surface area (Å²) in [6.07, 6.45) is 0. The van der Waals surface area contributed by atoms with Crippen LogP contribution in [-0.2, 0) is 0 Å². The summed E-state index contributed by atoms with van der Waals surface area (Å²) in [5.74, 6) is 6.66. The number of nitrogens with zero attached hydrogens (tertiary/aromatic N) is 2. The first-order chi connectivity index (χ1) is 31.8. The van der Waals surface area contributed by atoms with E-state index in [9.17, 15) is 0 Å². The van der Waals surface area contributed by atoms with Gasteiger partial charge in [0.05, 0.1) is 0 Å². The predicted molar refractivity (Wildman–Crippen MR) is 260 cm³/mol. The summed E-state index contributed by atoms with van der Waals surface area (Å²) in [7, 11) is 0. The SMILES string of the molecule is c1ccc2c(c1)Oc1cc3c4c5c1B2c1ccccc1N5c1ccccc1B4c1cc2c(cc1O3)Oc1cc3c4c5c1B2c1ccccc1N5c1ccccc1B4c1ccccc1O3. The number of hydrogen-bond acceptors (Lipinski definition) is 6. The zero-order valence-corrected chi connectivity index (χ0v) is 34.0. The van der Waals surface area contributed by atoms with Gasteiger partial charge >= 0.3 is 0 Å². The lowest BCUT2D eigenvalue weighted by Gasteiger charge is -2.48. The molecule has 0 N–H and O–H groups in total. The van der Waals surface area contributed by atoms with E-state index in [4.69, 9.17) is 18.9 Å². The van der Waals surface area contributed by atoms with Crippen molar-refractivity contribution >= 4 is 127 Å². The van der Waals surface area contributed by atoms with Gasteiger partial charge in [0.2, 0.25) is 0 Å². The predicted octanol–water partition coefficient (Wildman–Crippen LogP) is 4.37. The van der Waals surface area contributed by atoms with Gasteiger partial charge in [-0.05, 0) is 102 Å². The Balaban J connectivity index is 0.929. The molecule has 0 aliphatic carbocycles. The Labute approximate surface area is 369 Å². The van der Waals surface area contributed by atoms with Crippen molar-refractivity contribution < 1.29 is 18.9 Å². The number of rotatable bonds is 0. The smallest absolute Gasteiger partial charge is 0.256 e. The fraction of sp³-hybridized carbons (Fsp3) is 0. The number of ether oxygens (including phenoxy) is 4. The zero-order valence-electron chi connectivity index (χ0n) is 34.0. The van der Waals surface area contributed by atoms with Crippen molar-refractivity contribution in [2.24, 2.45) is 0 Å². The van der Waals surface area contributed by atoms with E-state index in [0.717, 1.165) is 56.9 Å². The van der Waals surface area contributed by atoms with Gasteiger partial charge in [0, 0.05) is 52.3 Å². The Bertz CT molecular complexity index is 3490. The molecule has 0 atom stereocenters. The van der Waals surface area contributed by atoms with E-state index < -0.39 is 0 Å². The maximum atomic E-state index is 7.21. The van der Waals surface area contributed by atoms with Crippen LogP contribution in [-0.4, -0.2) is 26.9 Å². The van der Waals surface area contributed by atoms with Crippen LogP contribution >= 0.6 is 0 Å². The summed E-state index contributed by atoms with van der Waals surface area (Å²) in [5.41, 5.74) is 21.5. The summed E-state index contributed by atoms with van der Waals surface area (Å²) in [6, 6.07) is 61.6. The third kappa shape index (κ3) is 3.72. The number of hydrogen-bond donors (Lipinski definition) is 0. The molecule has 0 unspecified atom stereocenters. The molecule has 0 spiro atoms. The summed E-state index contributed by atoms with van der Waals surface area (Å²) in [6.45, 7) is -0.162. The minimum absolute atomic E-state index is 0.0166. The van der Waals surface area contributed by atoms with Gasteiger partial charge in [-0.25, -0.2) is 0 Å². The molecule has 0 saturated carbocycles. The Kier molecular flexibility index (Phi) is 5.70. The molecule has 64 heavy (non-hydrogen) atoms. The van der Waals surface area contributed by atoms with Crippen LogP contribution in [0.3, 0.4) is 0 Å². The quantitative estimate of drug-likeness (QED) is 0.212. The Morgan fingerprint density at radius 3 is 0.906 bits per heavy atom. The van der Waals surface area contributed by atoms with Crippen molar-refractivity contribution in [3.05, 3.63) is 170 Å². The lowest BCUT2D eigenvalue weighted by Crippen LogP contribution is -2.68. The van der Waals surface area contributed by atoms with E-state index in [1.807, 2.05) is 0 Å². The maximum absolute atomic E-state index is 7.21. The van der Waals surface area contributed by atoms with Gasteiger partial charge in [0.15, 0.2) is 0 Å². The highest BCUT2D eigenvalue weighted by Gasteiger charge is 2.53. The van der Waals surface area contributed by atoms with Gasteiger partial charge in [-0.1, -0.05) is 115 Å². The zero-order chi connectivity index (χ0) is 41.1. The number of para-hydroxylation sites is 6. The normalized spacial score (nSPS) is 15.2. The van der Waals surface area contributed by atoms with Crippen molar-refractivity contribution in [1.29, 1.82) is 0 Å². The van der Waals surface area contributed by atoms with Crippen molar-refractivity contribution in [3.8, 4) is 46.0 Å². The van der Waals surface area contributed by atoms with Crippen molar-refractivity contribution in [3.63, 3.8) is 0 Å². The van der Waals surface area contributed by atoms with Crippen LogP contribution in [0.4, 0.5) is 34.1 Å². The van der Waals surface area contributed by atoms with Crippen LogP contribution in [0.15, 0.2) is 170 Å². The Morgan fingerprint density at radius 1 is 0.250 bits per heavy atom. The first-order valence-electron chi connectivity index (χ1n) is 22.2. The number of anilines is 6. The van der Waals surface area contributed by atoms with E-state index in [-0.39, 0.29) is 26.9 Å². The molecule has 6 nitrogen and oxygen atoms in total. The summed E-state index contributed by atoms with van der Waals surface area (Å²) >= 11 is 0. The standard InChI is InChI=1S/C54H28B4N2O4/c1-7-19-37-29(13-1)55-33-17-5-11-23-41(33)61-45-27-47-51-53(49(45)55)59(37)39-21-9-3-15-31(39)57(51)35-25-36-44(26-43(35)63-47)64-48-28-46-50-54-52(48)58(36)32-16-4-10-22-40(32)60(54)38-20-8-2-14-30(38)56(50)34-18-6-12-24-42(34)62-46/h1-28H. The third-order valence-corrected chi connectivity index (χ3v) is 15.3. The Morgan fingerprint density at radius 2 is 0.531 bits per heavy atom. The number of benzene rings is 9. The first kappa shape index (κ1) is 32.7. The molecular weight excluding hydrogens is 784 g/mol. The third-order valence-electron chi connectivity index (χ3n) is 15.3. The first-order valence-corrected chi connectivity index (χ1v) is 22.2. The number of fused-ring (bicyclic) bond motifs is 20. The summed E-state index contributed by atoms with van der Waals surface area (Å²) in [4.78, 5) is 4.96.